The fourth-order valence-electron chi connectivity index (χ4n) is 2.61. The first-order valence-corrected chi connectivity index (χ1v) is 6.20. The average molecular weight is 253 g/mol. The van der Waals surface area contributed by atoms with Crippen molar-refractivity contribution < 1.29 is 4.79 Å². The van der Waals surface area contributed by atoms with Crippen LogP contribution in [0.15, 0.2) is 18.2 Å². The first-order valence-electron chi connectivity index (χ1n) is 5.82. The van der Waals surface area contributed by atoms with Gasteiger partial charge in [-0.1, -0.05) is 17.7 Å². The summed E-state index contributed by atoms with van der Waals surface area (Å²) in [5, 5.41) is 4.02. The van der Waals surface area contributed by atoms with Crippen molar-refractivity contribution >= 4 is 17.5 Å². The monoisotopic (exact) mass is 252 g/mol. The predicted molar refractivity (Wildman–Crippen MR) is 68.9 cm³/mol. The lowest BCUT2D eigenvalue weighted by Crippen LogP contribution is -2.53. The fourth-order valence-corrected chi connectivity index (χ4v) is 2.81. The maximum atomic E-state index is 11.8. The summed E-state index contributed by atoms with van der Waals surface area (Å²) in [4.78, 5) is 11.8. The number of benzene rings is 1. The number of hydrogen-bond acceptors (Lipinski definition) is 2. The minimum absolute atomic E-state index is 0.198. The molecule has 4 heteroatoms. The molecule has 0 aromatic heterocycles. The van der Waals surface area contributed by atoms with Crippen LogP contribution in [0.1, 0.15) is 31.4 Å². The van der Waals surface area contributed by atoms with Crippen molar-refractivity contribution in [2.75, 3.05) is 0 Å². The summed E-state index contributed by atoms with van der Waals surface area (Å²) in [6, 6.07) is 5.84. The van der Waals surface area contributed by atoms with Crippen molar-refractivity contribution in [3.8, 4) is 0 Å². The van der Waals surface area contributed by atoms with Crippen LogP contribution < -0.4 is 11.1 Å². The van der Waals surface area contributed by atoms with Gasteiger partial charge in [0.2, 0.25) is 5.91 Å². The van der Waals surface area contributed by atoms with Crippen LogP contribution in [-0.4, -0.2) is 11.9 Å². The SMILES string of the molecule is CC(C)NC1(C(N)=O)CCc2cc(Cl)ccc21. The van der Waals surface area contributed by atoms with Crippen molar-refractivity contribution in [3.63, 3.8) is 0 Å². The highest BCUT2D eigenvalue weighted by atomic mass is 35.5. The Morgan fingerprint density at radius 3 is 2.82 bits per heavy atom. The number of amides is 1. The summed E-state index contributed by atoms with van der Waals surface area (Å²) in [6.45, 7) is 4.03. The molecule has 92 valence electrons. The molecule has 3 N–H and O–H groups in total. The van der Waals surface area contributed by atoms with Crippen LogP contribution in [0.2, 0.25) is 5.02 Å². The fraction of sp³-hybridized carbons (Fsp3) is 0.462. The van der Waals surface area contributed by atoms with Gasteiger partial charge in [-0.15, -0.1) is 0 Å². The highest BCUT2D eigenvalue weighted by Crippen LogP contribution is 2.38. The summed E-state index contributed by atoms with van der Waals surface area (Å²) >= 11 is 5.97. The molecule has 0 radical (unpaired) electrons. The Labute approximate surface area is 106 Å². The molecule has 1 aromatic carbocycles. The lowest BCUT2D eigenvalue weighted by atomic mass is 9.90. The molecule has 0 saturated heterocycles. The summed E-state index contributed by atoms with van der Waals surface area (Å²) in [5.74, 6) is -0.313. The van der Waals surface area contributed by atoms with Gasteiger partial charge in [0.15, 0.2) is 0 Å². The molecule has 3 nitrogen and oxygen atoms in total. The molecule has 0 spiro atoms. The number of hydrogen-bond donors (Lipinski definition) is 2. The van der Waals surface area contributed by atoms with E-state index in [-0.39, 0.29) is 11.9 Å². The van der Waals surface area contributed by atoms with Gasteiger partial charge < -0.3 is 5.73 Å². The maximum absolute atomic E-state index is 11.8. The zero-order valence-corrected chi connectivity index (χ0v) is 10.8. The first kappa shape index (κ1) is 12.4. The molecule has 0 heterocycles. The highest BCUT2D eigenvalue weighted by molar-refractivity contribution is 6.30. The second-order valence-corrected chi connectivity index (χ2v) is 5.31. The first-order chi connectivity index (χ1) is 7.95. The van der Waals surface area contributed by atoms with Gasteiger partial charge in [0.25, 0.3) is 0 Å². The van der Waals surface area contributed by atoms with Gasteiger partial charge in [-0.05, 0) is 49.9 Å². The Morgan fingerprint density at radius 2 is 2.24 bits per heavy atom. The lowest BCUT2D eigenvalue weighted by molar-refractivity contribution is -0.125. The molecule has 0 saturated carbocycles. The van der Waals surface area contributed by atoms with E-state index in [1.54, 1.807) is 0 Å². The predicted octanol–water partition coefficient (Wildman–Crippen LogP) is 1.96. The van der Waals surface area contributed by atoms with E-state index in [2.05, 4.69) is 5.32 Å². The van der Waals surface area contributed by atoms with E-state index in [0.717, 1.165) is 17.5 Å². The number of carbonyl (C=O) groups excluding carboxylic acids is 1. The number of nitrogens with two attached hydrogens (primary N) is 1. The third-order valence-electron chi connectivity index (χ3n) is 3.25. The number of carbonyl (C=O) groups is 1. The van der Waals surface area contributed by atoms with Crippen LogP contribution in [0.5, 0.6) is 0 Å². The van der Waals surface area contributed by atoms with Crippen molar-refractivity contribution in [1.82, 2.24) is 5.32 Å². The molecule has 1 unspecified atom stereocenters. The van der Waals surface area contributed by atoms with E-state index in [1.165, 1.54) is 0 Å². The molecule has 1 atom stereocenters. The van der Waals surface area contributed by atoms with E-state index in [9.17, 15) is 4.79 Å². The highest BCUT2D eigenvalue weighted by Gasteiger charge is 2.44. The quantitative estimate of drug-likeness (QED) is 0.864. The molecule has 1 amide bonds. The number of nitrogens with one attached hydrogen (secondary N) is 1. The number of primary amides is 1. The molecule has 0 aliphatic heterocycles. The van der Waals surface area contributed by atoms with Crippen LogP contribution in [0.25, 0.3) is 0 Å². The van der Waals surface area contributed by atoms with Crippen molar-refractivity contribution in [3.05, 3.63) is 34.3 Å². The van der Waals surface area contributed by atoms with Crippen molar-refractivity contribution in [1.29, 1.82) is 0 Å². The van der Waals surface area contributed by atoms with Gasteiger partial charge in [-0.3, -0.25) is 10.1 Å². The van der Waals surface area contributed by atoms with Crippen LogP contribution in [0, 0.1) is 0 Å². The standard InChI is InChI=1S/C13H17ClN2O/c1-8(2)16-13(12(15)17)6-5-9-7-10(14)3-4-11(9)13/h3-4,7-8,16H,5-6H2,1-2H3,(H2,15,17). The van der Waals surface area contributed by atoms with Gasteiger partial charge in [-0.25, -0.2) is 0 Å². The minimum atomic E-state index is -0.728. The zero-order chi connectivity index (χ0) is 12.6. The maximum Gasteiger partial charge on any atom is 0.242 e. The average Bonchev–Trinajstić information content (AvgIpc) is 2.57. The van der Waals surface area contributed by atoms with Gasteiger partial charge in [0, 0.05) is 11.1 Å². The number of halogens is 1. The van der Waals surface area contributed by atoms with E-state index in [1.807, 2.05) is 32.0 Å². The van der Waals surface area contributed by atoms with E-state index in [4.69, 9.17) is 17.3 Å². The van der Waals surface area contributed by atoms with Gasteiger partial charge in [0.05, 0.1) is 0 Å². The van der Waals surface area contributed by atoms with Crippen molar-refractivity contribution in [2.24, 2.45) is 5.73 Å². The van der Waals surface area contributed by atoms with Gasteiger partial charge in [-0.2, -0.15) is 0 Å². The molecule has 0 bridgehead atoms. The number of rotatable bonds is 3. The Morgan fingerprint density at radius 1 is 1.53 bits per heavy atom. The Bertz CT molecular complexity index is 459. The van der Waals surface area contributed by atoms with Crippen LogP contribution in [0.3, 0.4) is 0 Å². The second-order valence-electron chi connectivity index (χ2n) is 4.87. The molecule has 1 aliphatic rings. The smallest absolute Gasteiger partial charge is 0.242 e. The molecule has 0 fully saturated rings. The molecular weight excluding hydrogens is 236 g/mol. The summed E-state index contributed by atoms with van der Waals surface area (Å²) in [6.07, 6.45) is 1.54. The molecule has 17 heavy (non-hydrogen) atoms. The molecule has 1 aromatic rings. The Balaban J connectivity index is 2.49. The van der Waals surface area contributed by atoms with E-state index >= 15 is 0 Å². The Hall–Kier alpha value is -1.06. The summed E-state index contributed by atoms with van der Waals surface area (Å²) in [5.41, 5.74) is 6.96. The molecule has 1 aliphatic carbocycles. The lowest BCUT2D eigenvalue weighted by Gasteiger charge is -2.30. The minimum Gasteiger partial charge on any atom is -0.368 e. The normalized spacial score (nSPS) is 22.8. The second kappa shape index (κ2) is 4.31. The topological polar surface area (TPSA) is 55.1 Å². The van der Waals surface area contributed by atoms with Crippen LogP contribution in [0.4, 0.5) is 0 Å². The van der Waals surface area contributed by atoms with Gasteiger partial charge in [0.1, 0.15) is 5.54 Å². The largest absolute Gasteiger partial charge is 0.368 e. The Kier molecular flexibility index (Phi) is 3.15. The van der Waals surface area contributed by atoms with Crippen LogP contribution in [-0.2, 0) is 16.8 Å². The van der Waals surface area contributed by atoms with Crippen LogP contribution >= 0.6 is 11.6 Å². The molecule has 2 rings (SSSR count). The van der Waals surface area contributed by atoms with Gasteiger partial charge >= 0.3 is 0 Å². The summed E-state index contributed by atoms with van der Waals surface area (Å²) in [7, 11) is 0. The summed E-state index contributed by atoms with van der Waals surface area (Å²) < 4.78 is 0. The van der Waals surface area contributed by atoms with Crippen molar-refractivity contribution in [2.45, 2.75) is 38.3 Å². The van der Waals surface area contributed by atoms with E-state index in [0.29, 0.717) is 11.4 Å². The molecular formula is C13H17ClN2O. The third-order valence-corrected chi connectivity index (χ3v) is 3.49. The zero-order valence-electron chi connectivity index (χ0n) is 10.1. The number of aryl methyl sites for hydroxylation is 1. The third kappa shape index (κ3) is 2.05. The number of fused-ring (bicyclic) bond motifs is 1. The van der Waals surface area contributed by atoms with E-state index < -0.39 is 5.54 Å².